The van der Waals surface area contributed by atoms with Crippen molar-refractivity contribution in [3.63, 3.8) is 0 Å². The summed E-state index contributed by atoms with van der Waals surface area (Å²) in [5.41, 5.74) is 0.395. The summed E-state index contributed by atoms with van der Waals surface area (Å²) in [5.74, 6) is -0.465. The Morgan fingerprint density at radius 1 is 1.35 bits per heavy atom. The largest absolute Gasteiger partial charge is 0.451 e. The fourth-order valence-corrected chi connectivity index (χ4v) is 2.27. The molecule has 0 fully saturated rings. The third-order valence-electron chi connectivity index (χ3n) is 3.36. The van der Waals surface area contributed by atoms with Crippen LogP contribution in [0.5, 0.6) is 0 Å². The van der Waals surface area contributed by atoms with Gasteiger partial charge in [-0.1, -0.05) is 13.8 Å². The molecule has 1 aromatic rings. The van der Waals surface area contributed by atoms with Crippen LogP contribution in [0.25, 0.3) is 0 Å². The molecule has 0 radical (unpaired) electrons. The molecule has 0 aromatic heterocycles. The first-order chi connectivity index (χ1) is 8.04. The van der Waals surface area contributed by atoms with Crippen molar-refractivity contribution in [1.29, 1.82) is 0 Å². The molecule has 0 atom stereocenters. The zero-order chi connectivity index (χ0) is 12.6. The number of rotatable bonds is 3. The Morgan fingerprint density at radius 3 is 2.53 bits per heavy atom. The second-order valence-corrected chi connectivity index (χ2v) is 4.08. The van der Waals surface area contributed by atoms with Gasteiger partial charge in [-0.05, 0) is 18.9 Å². The summed E-state index contributed by atoms with van der Waals surface area (Å²) < 4.78 is 5.39. The predicted molar refractivity (Wildman–Crippen MR) is 60.8 cm³/mol. The maximum Gasteiger partial charge on any atom is 0.339 e. The summed E-state index contributed by atoms with van der Waals surface area (Å²) in [6.45, 7) is 3.88. The molecule has 5 heteroatoms. The highest BCUT2D eigenvalue weighted by Crippen LogP contribution is 2.42. The number of nitro benzene ring substituents is 1. The number of hydrogen-bond donors (Lipinski definition) is 0. The fraction of sp³-hybridized carbons (Fsp3) is 0.417. The minimum atomic E-state index is -0.610. The van der Waals surface area contributed by atoms with Crippen molar-refractivity contribution in [3.8, 4) is 0 Å². The lowest BCUT2D eigenvalue weighted by Gasteiger charge is -2.25. The number of nitro groups is 1. The van der Waals surface area contributed by atoms with Crippen molar-refractivity contribution in [2.75, 3.05) is 0 Å². The molecule has 90 valence electrons. The highest BCUT2D eigenvalue weighted by molar-refractivity contribution is 5.95. The third kappa shape index (κ3) is 1.58. The summed E-state index contributed by atoms with van der Waals surface area (Å²) in [6.07, 6.45) is 1.33. The molecule has 1 heterocycles. The number of benzene rings is 1. The Morgan fingerprint density at radius 2 is 2.00 bits per heavy atom. The number of hydrogen-bond acceptors (Lipinski definition) is 4. The Bertz CT molecular complexity index is 491. The highest BCUT2D eigenvalue weighted by Gasteiger charge is 2.43. The zero-order valence-electron chi connectivity index (χ0n) is 9.73. The van der Waals surface area contributed by atoms with Crippen LogP contribution in [-0.2, 0) is 10.3 Å². The van der Waals surface area contributed by atoms with E-state index < -0.39 is 16.5 Å². The standard InChI is InChI=1S/C12H13NO4/c1-3-12(4-2)10-6-5-8(13(15)16)7-9(10)11(14)17-12/h5-7H,3-4H2,1-2H3. The highest BCUT2D eigenvalue weighted by atomic mass is 16.6. The number of carbonyl (C=O) groups is 1. The lowest BCUT2D eigenvalue weighted by atomic mass is 9.87. The monoisotopic (exact) mass is 235 g/mol. The van der Waals surface area contributed by atoms with E-state index in [-0.39, 0.29) is 5.69 Å². The van der Waals surface area contributed by atoms with E-state index in [4.69, 9.17) is 4.74 Å². The smallest absolute Gasteiger partial charge is 0.339 e. The molecule has 0 spiro atoms. The van der Waals surface area contributed by atoms with Crippen molar-refractivity contribution >= 4 is 11.7 Å². The van der Waals surface area contributed by atoms with Gasteiger partial charge in [0.15, 0.2) is 0 Å². The summed E-state index contributed by atoms with van der Waals surface area (Å²) >= 11 is 0. The van der Waals surface area contributed by atoms with Gasteiger partial charge >= 0.3 is 5.97 Å². The van der Waals surface area contributed by atoms with Gasteiger partial charge in [-0.2, -0.15) is 0 Å². The van der Waals surface area contributed by atoms with Crippen LogP contribution in [0.1, 0.15) is 42.6 Å². The molecule has 1 aliphatic rings. The van der Waals surface area contributed by atoms with Crippen LogP contribution in [0, 0.1) is 10.1 Å². The molecule has 0 aliphatic carbocycles. The Hall–Kier alpha value is -1.91. The molecule has 0 amide bonds. The Kier molecular flexibility index (Phi) is 2.61. The number of ether oxygens (including phenoxy) is 1. The Labute approximate surface area is 98.5 Å². The summed E-state index contributed by atoms with van der Waals surface area (Å²) in [6, 6.07) is 4.34. The van der Waals surface area contributed by atoms with Crippen LogP contribution >= 0.6 is 0 Å². The van der Waals surface area contributed by atoms with Crippen molar-refractivity contribution in [2.24, 2.45) is 0 Å². The van der Waals surface area contributed by atoms with Gasteiger partial charge in [0, 0.05) is 17.7 Å². The second kappa shape index (κ2) is 3.84. The summed E-state index contributed by atoms with van der Waals surface area (Å²) in [4.78, 5) is 21.9. The average molecular weight is 235 g/mol. The Balaban J connectivity index is 2.58. The van der Waals surface area contributed by atoms with Gasteiger partial charge in [-0.3, -0.25) is 10.1 Å². The summed E-state index contributed by atoms with van der Waals surface area (Å²) in [5, 5.41) is 10.7. The average Bonchev–Trinajstić information content (AvgIpc) is 2.62. The van der Waals surface area contributed by atoms with Gasteiger partial charge in [0.1, 0.15) is 5.60 Å². The van der Waals surface area contributed by atoms with Gasteiger partial charge < -0.3 is 4.74 Å². The maximum absolute atomic E-state index is 11.7. The first kappa shape index (κ1) is 11.6. The van der Waals surface area contributed by atoms with E-state index in [0.717, 1.165) is 5.56 Å². The van der Waals surface area contributed by atoms with Crippen LogP contribution in [0.15, 0.2) is 18.2 Å². The molecular formula is C12H13NO4. The van der Waals surface area contributed by atoms with Crippen molar-refractivity contribution in [3.05, 3.63) is 39.4 Å². The third-order valence-corrected chi connectivity index (χ3v) is 3.36. The van der Waals surface area contributed by atoms with Crippen LogP contribution in [-0.4, -0.2) is 10.9 Å². The number of fused-ring (bicyclic) bond motifs is 1. The molecule has 5 nitrogen and oxygen atoms in total. The molecule has 17 heavy (non-hydrogen) atoms. The fourth-order valence-electron chi connectivity index (χ4n) is 2.27. The molecule has 1 aromatic carbocycles. The van der Waals surface area contributed by atoms with Crippen molar-refractivity contribution in [2.45, 2.75) is 32.3 Å². The molecule has 0 saturated carbocycles. The van der Waals surface area contributed by atoms with Crippen LogP contribution < -0.4 is 0 Å². The lowest BCUT2D eigenvalue weighted by Crippen LogP contribution is -2.23. The minimum absolute atomic E-state index is 0.0799. The maximum atomic E-state index is 11.7. The first-order valence-corrected chi connectivity index (χ1v) is 5.56. The number of non-ortho nitro benzene ring substituents is 1. The van der Waals surface area contributed by atoms with E-state index in [1.165, 1.54) is 12.1 Å². The first-order valence-electron chi connectivity index (χ1n) is 5.56. The van der Waals surface area contributed by atoms with Gasteiger partial charge in [-0.15, -0.1) is 0 Å². The number of carbonyl (C=O) groups excluding carboxylic acids is 1. The van der Waals surface area contributed by atoms with Crippen molar-refractivity contribution in [1.82, 2.24) is 0 Å². The lowest BCUT2D eigenvalue weighted by molar-refractivity contribution is -0.384. The van der Waals surface area contributed by atoms with Gasteiger partial charge in [0.25, 0.3) is 5.69 Å². The van der Waals surface area contributed by atoms with E-state index >= 15 is 0 Å². The molecular weight excluding hydrogens is 222 g/mol. The van der Waals surface area contributed by atoms with Gasteiger partial charge in [0.2, 0.25) is 0 Å². The molecule has 2 rings (SSSR count). The van der Waals surface area contributed by atoms with E-state index in [9.17, 15) is 14.9 Å². The SMILES string of the molecule is CCC1(CC)OC(=O)c2cc([N+](=O)[O-])ccc21. The van der Waals surface area contributed by atoms with Gasteiger partial charge in [0.05, 0.1) is 10.5 Å². The van der Waals surface area contributed by atoms with Crippen LogP contribution in [0.4, 0.5) is 5.69 Å². The summed E-state index contributed by atoms with van der Waals surface area (Å²) in [7, 11) is 0. The number of esters is 1. The predicted octanol–water partition coefficient (Wildman–Crippen LogP) is 2.78. The van der Waals surface area contributed by atoms with Crippen molar-refractivity contribution < 1.29 is 14.5 Å². The van der Waals surface area contributed by atoms with Gasteiger partial charge in [-0.25, -0.2) is 4.79 Å². The van der Waals surface area contributed by atoms with E-state index in [1.54, 1.807) is 6.07 Å². The molecule has 1 aliphatic heterocycles. The molecule has 0 saturated heterocycles. The zero-order valence-corrected chi connectivity index (χ0v) is 9.73. The molecule has 0 bridgehead atoms. The van der Waals surface area contributed by atoms with Crippen LogP contribution in [0.2, 0.25) is 0 Å². The normalized spacial score (nSPS) is 16.5. The number of nitrogens with zero attached hydrogens (tertiary/aromatic N) is 1. The minimum Gasteiger partial charge on any atom is -0.451 e. The molecule has 0 N–H and O–H groups in total. The quantitative estimate of drug-likeness (QED) is 0.459. The van der Waals surface area contributed by atoms with E-state index in [2.05, 4.69) is 0 Å². The van der Waals surface area contributed by atoms with E-state index in [0.29, 0.717) is 18.4 Å². The molecule has 0 unspecified atom stereocenters. The number of cyclic esters (lactones) is 1. The van der Waals surface area contributed by atoms with E-state index in [1.807, 2.05) is 13.8 Å². The van der Waals surface area contributed by atoms with Crippen LogP contribution in [0.3, 0.4) is 0 Å². The second-order valence-electron chi connectivity index (χ2n) is 4.08. The topological polar surface area (TPSA) is 69.4 Å².